The van der Waals surface area contributed by atoms with Crippen molar-refractivity contribution in [3.8, 4) is 39.3 Å². The fourth-order valence-corrected chi connectivity index (χ4v) is 7.61. The third-order valence-corrected chi connectivity index (χ3v) is 10.0. The molecule has 48 heavy (non-hydrogen) atoms. The van der Waals surface area contributed by atoms with Crippen molar-refractivity contribution in [3.63, 3.8) is 0 Å². The van der Waals surface area contributed by atoms with Crippen molar-refractivity contribution >= 4 is 43.6 Å². The van der Waals surface area contributed by atoms with Crippen LogP contribution in [-0.4, -0.2) is 25.0 Å². The Morgan fingerprint density at radius 2 is 1.12 bits per heavy atom. The molecule has 0 amide bonds. The molecule has 2 aromatic heterocycles. The smallest absolute Gasteiger partial charge is 0.122 e. The second-order valence-corrected chi connectivity index (χ2v) is 13.2. The molecule has 1 aliphatic carbocycles. The molecule has 1 aliphatic rings. The minimum Gasteiger partial charge on any atom is -0.244 e. The molecular formula is C43H29N5. The lowest BCUT2D eigenvalue weighted by Gasteiger charge is -2.21. The fraction of sp³-hybridized carbons (Fsp3) is 0.0698. The van der Waals surface area contributed by atoms with Crippen LogP contribution in [0, 0.1) is 0 Å². The third kappa shape index (κ3) is 3.91. The fourth-order valence-electron chi connectivity index (χ4n) is 7.61. The lowest BCUT2D eigenvalue weighted by atomic mass is 9.82. The van der Waals surface area contributed by atoms with E-state index < -0.39 is 0 Å². The lowest BCUT2D eigenvalue weighted by Crippen LogP contribution is -2.14. The molecule has 7 aromatic carbocycles. The summed E-state index contributed by atoms with van der Waals surface area (Å²) in [7, 11) is 0. The molecule has 5 heteroatoms. The maximum atomic E-state index is 5.29. The molecule has 226 valence electrons. The summed E-state index contributed by atoms with van der Waals surface area (Å²) < 4.78 is 0. The van der Waals surface area contributed by atoms with Gasteiger partial charge in [0.15, 0.2) is 0 Å². The number of aromatic nitrogens is 5. The second kappa shape index (κ2) is 9.90. The molecule has 10 rings (SSSR count). The summed E-state index contributed by atoms with van der Waals surface area (Å²) in [6, 6.07) is 48.9. The number of hydrogen-bond acceptors (Lipinski definition) is 4. The quantitative estimate of drug-likeness (QED) is 0.186. The van der Waals surface area contributed by atoms with Gasteiger partial charge in [-0.05, 0) is 80.9 Å². The average Bonchev–Trinajstić information content (AvgIpc) is 3.68. The summed E-state index contributed by atoms with van der Waals surface area (Å²) in [6.45, 7) is 4.63. The first-order valence-corrected chi connectivity index (χ1v) is 16.3. The molecule has 5 nitrogen and oxygen atoms in total. The van der Waals surface area contributed by atoms with Gasteiger partial charge in [0.25, 0.3) is 0 Å². The Labute approximate surface area is 277 Å². The van der Waals surface area contributed by atoms with Gasteiger partial charge in [-0.1, -0.05) is 111 Å². The lowest BCUT2D eigenvalue weighted by molar-refractivity contribution is 0.660. The molecule has 2 heterocycles. The zero-order valence-corrected chi connectivity index (χ0v) is 26.5. The number of para-hydroxylation sites is 3. The molecule has 9 aromatic rings. The van der Waals surface area contributed by atoms with Crippen molar-refractivity contribution in [2.75, 3.05) is 0 Å². The first-order chi connectivity index (χ1) is 23.5. The van der Waals surface area contributed by atoms with E-state index in [1.165, 1.54) is 22.3 Å². The molecule has 0 radical (unpaired) electrons. The van der Waals surface area contributed by atoms with Gasteiger partial charge < -0.3 is 0 Å². The zero-order chi connectivity index (χ0) is 32.0. The van der Waals surface area contributed by atoms with E-state index in [9.17, 15) is 0 Å². The van der Waals surface area contributed by atoms with E-state index in [1.807, 2.05) is 54.6 Å². The Kier molecular flexibility index (Phi) is 5.56. The van der Waals surface area contributed by atoms with E-state index in [2.05, 4.69) is 98.8 Å². The summed E-state index contributed by atoms with van der Waals surface area (Å²) in [5.41, 5.74) is 13.4. The van der Waals surface area contributed by atoms with Crippen molar-refractivity contribution in [2.45, 2.75) is 19.3 Å². The summed E-state index contributed by atoms with van der Waals surface area (Å²) in [5, 5.41) is 14.3. The van der Waals surface area contributed by atoms with Crippen molar-refractivity contribution in [2.24, 2.45) is 0 Å². The first kappa shape index (κ1) is 27.0. The SMILES string of the molecule is CC1(C)c2ccccc2-c2cc(-c3nc4ccccc4nc3-c3ccc4ccc5ccc6nn(-c7ccccc7)nc6c5c4c3)ccc21. The molecule has 0 N–H and O–H groups in total. The summed E-state index contributed by atoms with van der Waals surface area (Å²) in [4.78, 5) is 12.3. The van der Waals surface area contributed by atoms with E-state index in [1.54, 1.807) is 4.80 Å². The van der Waals surface area contributed by atoms with Gasteiger partial charge in [-0.2, -0.15) is 4.80 Å². The first-order valence-electron chi connectivity index (χ1n) is 16.3. The molecule has 0 atom stereocenters. The van der Waals surface area contributed by atoms with Crippen LogP contribution in [0.15, 0.2) is 140 Å². The van der Waals surface area contributed by atoms with E-state index in [4.69, 9.17) is 20.2 Å². The monoisotopic (exact) mass is 615 g/mol. The molecule has 0 bridgehead atoms. The van der Waals surface area contributed by atoms with E-state index >= 15 is 0 Å². The Hall–Kier alpha value is -6.20. The van der Waals surface area contributed by atoms with E-state index in [0.717, 1.165) is 71.8 Å². The van der Waals surface area contributed by atoms with Crippen LogP contribution in [0.5, 0.6) is 0 Å². The highest BCUT2D eigenvalue weighted by molar-refractivity contribution is 6.19. The number of benzene rings is 7. The highest BCUT2D eigenvalue weighted by Gasteiger charge is 2.35. The van der Waals surface area contributed by atoms with Crippen molar-refractivity contribution in [3.05, 3.63) is 151 Å². The molecule has 0 spiro atoms. The Bertz CT molecular complexity index is 2760. The molecule has 0 saturated heterocycles. The number of rotatable bonds is 3. The predicted molar refractivity (Wildman–Crippen MR) is 195 cm³/mol. The molecule has 0 aliphatic heterocycles. The maximum absolute atomic E-state index is 5.29. The van der Waals surface area contributed by atoms with E-state index in [-0.39, 0.29) is 5.41 Å². The number of hydrogen-bond donors (Lipinski definition) is 0. The van der Waals surface area contributed by atoms with Crippen LogP contribution in [-0.2, 0) is 5.41 Å². The Balaban J connectivity index is 1.22. The van der Waals surface area contributed by atoms with Crippen LogP contribution >= 0.6 is 0 Å². The second-order valence-electron chi connectivity index (χ2n) is 13.2. The van der Waals surface area contributed by atoms with Gasteiger partial charge in [0.05, 0.1) is 28.1 Å². The number of nitrogens with zero attached hydrogens (tertiary/aromatic N) is 5. The van der Waals surface area contributed by atoms with Crippen molar-refractivity contribution in [1.82, 2.24) is 25.0 Å². The van der Waals surface area contributed by atoms with Crippen molar-refractivity contribution in [1.29, 1.82) is 0 Å². The van der Waals surface area contributed by atoms with Gasteiger partial charge in [-0.3, -0.25) is 0 Å². The summed E-state index contributed by atoms with van der Waals surface area (Å²) in [6.07, 6.45) is 0. The van der Waals surface area contributed by atoms with Crippen LogP contribution in [0.25, 0.3) is 82.9 Å². The Morgan fingerprint density at radius 1 is 0.500 bits per heavy atom. The van der Waals surface area contributed by atoms with Crippen LogP contribution in [0.3, 0.4) is 0 Å². The minimum atomic E-state index is -0.0601. The molecule has 0 fully saturated rings. The molecular weight excluding hydrogens is 587 g/mol. The molecule has 0 unspecified atom stereocenters. The zero-order valence-electron chi connectivity index (χ0n) is 26.5. The van der Waals surface area contributed by atoms with Gasteiger partial charge in [0, 0.05) is 21.9 Å². The summed E-state index contributed by atoms with van der Waals surface area (Å²) >= 11 is 0. The van der Waals surface area contributed by atoms with Crippen LogP contribution in [0.2, 0.25) is 0 Å². The maximum Gasteiger partial charge on any atom is 0.122 e. The highest BCUT2D eigenvalue weighted by atomic mass is 15.5. The van der Waals surface area contributed by atoms with Crippen molar-refractivity contribution < 1.29 is 0 Å². The highest BCUT2D eigenvalue weighted by Crippen LogP contribution is 2.50. The minimum absolute atomic E-state index is 0.0601. The standard InChI is InChI=1S/C43H29N5/c1-43(2)34-13-7-6-12-31(34)33-25-29(20-22-35(33)43)41-40(44-36-14-8-9-15-37(36)45-41)28-19-17-26-16-18-27-21-23-38-42(39(27)32(26)24-28)47-48(46-38)30-10-4-3-5-11-30/h3-25H,1-2H3. The number of fused-ring (bicyclic) bond motifs is 9. The average molecular weight is 616 g/mol. The predicted octanol–water partition coefficient (Wildman–Crippen LogP) is 10.3. The van der Waals surface area contributed by atoms with Gasteiger partial charge >= 0.3 is 0 Å². The topological polar surface area (TPSA) is 56.5 Å². The van der Waals surface area contributed by atoms with Crippen LogP contribution < -0.4 is 0 Å². The van der Waals surface area contributed by atoms with E-state index in [0.29, 0.717) is 0 Å². The van der Waals surface area contributed by atoms with Gasteiger partial charge in [0.1, 0.15) is 11.0 Å². The molecule has 0 saturated carbocycles. The Morgan fingerprint density at radius 3 is 1.94 bits per heavy atom. The van der Waals surface area contributed by atoms with Crippen LogP contribution in [0.1, 0.15) is 25.0 Å². The largest absolute Gasteiger partial charge is 0.244 e. The van der Waals surface area contributed by atoms with Gasteiger partial charge in [-0.15, -0.1) is 10.2 Å². The summed E-state index contributed by atoms with van der Waals surface area (Å²) in [5.74, 6) is 0. The van der Waals surface area contributed by atoms with Gasteiger partial charge in [-0.25, -0.2) is 9.97 Å². The van der Waals surface area contributed by atoms with Gasteiger partial charge in [0.2, 0.25) is 0 Å². The van der Waals surface area contributed by atoms with Crippen LogP contribution in [0.4, 0.5) is 0 Å². The normalized spacial score (nSPS) is 13.4. The third-order valence-electron chi connectivity index (χ3n) is 10.0.